The molecule has 0 saturated carbocycles. The number of hydrogen-bond donors (Lipinski definition) is 2. The molecule has 2 heterocycles. The summed E-state index contributed by atoms with van der Waals surface area (Å²) in [6.45, 7) is 3.19. The molecule has 1 aliphatic heterocycles. The van der Waals surface area contributed by atoms with Crippen molar-refractivity contribution in [3.63, 3.8) is 0 Å². The normalized spacial score (nSPS) is 15.6. The van der Waals surface area contributed by atoms with E-state index in [4.69, 9.17) is 5.73 Å². The predicted octanol–water partition coefficient (Wildman–Crippen LogP) is 1.08. The van der Waals surface area contributed by atoms with E-state index in [1.165, 1.54) is 18.4 Å². The quantitative estimate of drug-likeness (QED) is 0.867. The molecule has 1 aromatic rings. The van der Waals surface area contributed by atoms with E-state index in [0.29, 0.717) is 5.00 Å². The second kappa shape index (κ2) is 5.61. The van der Waals surface area contributed by atoms with Crippen LogP contribution in [-0.2, 0) is 9.84 Å². The molecule has 0 bridgehead atoms. The average Bonchev–Trinajstić information content (AvgIpc) is 3.05. The Morgan fingerprint density at radius 1 is 1.40 bits per heavy atom. The van der Waals surface area contributed by atoms with Gasteiger partial charge < -0.3 is 16.0 Å². The van der Waals surface area contributed by atoms with Crippen LogP contribution < -0.4 is 16.0 Å². The summed E-state index contributed by atoms with van der Waals surface area (Å²) in [6.07, 6.45) is 2.05. The number of nitrogen functional groups attached to an aromatic ring is 1. The SMILES string of the molecule is CCS(=O)(=O)c1c(N2CCCC2)sc(C(=O)NC)c1N. The fourth-order valence-electron chi connectivity index (χ4n) is 2.27. The molecule has 2 rings (SSSR count). The smallest absolute Gasteiger partial charge is 0.263 e. The van der Waals surface area contributed by atoms with Crippen LogP contribution in [0.4, 0.5) is 10.7 Å². The Hall–Kier alpha value is -1.28. The minimum atomic E-state index is -3.45. The van der Waals surface area contributed by atoms with E-state index in [9.17, 15) is 13.2 Å². The number of sulfone groups is 1. The molecule has 3 N–H and O–H groups in total. The zero-order chi connectivity index (χ0) is 14.9. The Morgan fingerprint density at radius 2 is 2.00 bits per heavy atom. The maximum atomic E-state index is 12.3. The predicted molar refractivity (Wildman–Crippen MR) is 81.3 cm³/mol. The number of nitrogens with two attached hydrogens (primary N) is 1. The van der Waals surface area contributed by atoms with Gasteiger partial charge in [0.25, 0.3) is 5.91 Å². The van der Waals surface area contributed by atoms with Crippen LogP contribution in [0.2, 0.25) is 0 Å². The Balaban J connectivity index is 2.62. The van der Waals surface area contributed by atoms with E-state index in [2.05, 4.69) is 5.32 Å². The number of carbonyl (C=O) groups excluding carboxylic acids is 1. The first-order valence-corrected chi connectivity index (χ1v) is 9.01. The molecule has 0 radical (unpaired) electrons. The lowest BCUT2D eigenvalue weighted by molar-refractivity contribution is 0.0968. The van der Waals surface area contributed by atoms with Gasteiger partial charge in [0.15, 0.2) is 9.84 Å². The number of anilines is 2. The number of hydrogen-bond acceptors (Lipinski definition) is 6. The van der Waals surface area contributed by atoms with Gasteiger partial charge in [0.2, 0.25) is 0 Å². The minimum Gasteiger partial charge on any atom is -0.396 e. The molecule has 1 saturated heterocycles. The molecule has 20 heavy (non-hydrogen) atoms. The minimum absolute atomic E-state index is 0.0258. The van der Waals surface area contributed by atoms with Crippen LogP contribution in [0.5, 0.6) is 0 Å². The summed E-state index contributed by atoms with van der Waals surface area (Å²) in [4.78, 5) is 14.3. The van der Waals surface area contributed by atoms with Gasteiger partial charge in [-0.15, -0.1) is 11.3 Å². The van der Waals surface area contributed by atoms with Crippen LogP contribution in [0.15, 0.2) is 4.90 Å². The molecule has 1 aliphatic rings. The van der Waals surface area contributed by atoms with Crippen molar-refractivity contribution in [2.75, 3.05) is 36.5 Å². The van der Waals surface area contributed by atoms with Gasteiger partial charge in [-0.3, -0.25) is 4.79 Å². The van der Waals surface area contributed by atoms with Crippen molar-refractivity contribution in [1.29, 1.82) is 0 Å². The first kappa shape index (κ1) is 15.1. The van der Waals surface area contributed by atoms with Crippen LogP contribution in [0.25, 0.3) is 0 Å². The van der Waals surface area contributed by atoms with E-state index in [1.54, 1.807) is 6.92 Å². The number of amides is 1. The number of thiophene rings is 1. The molecular formula is C12H19N3O3S2. The summed E-state index contributed by atoms with van der Waals surface area (Å²) in [5, 5.41) is 3.11. The molecular weight excluding hydrogens is 298 g/mol. The van der Waals surface area contributed by atoms with E-state index in [-0.39, 0.29) is 27.1 Å². The number of nitrogens with zero attached hydrogens (tertiary/aromatic N) is 1. The molecule has 112 valence electrons. The fourth-order valence-corrected chi connectivity index (χ4v) is 5.08. The highest BCUT2D eigenvalue weighted by Crippen LogP contribution is 2.43. The third-order valence-electron chi connectivity index (χ3n) is 3.40. The van der Waals surface area contributed by atoms with Crippen LogP contribution in [0.3, 0.4) is 0 Å². The van der Waals surface area contributed by atoms with Crippen LogP contribution in [0.1, 0.15) is 29.4 Å². The summed E-state index contributed by atoms with van der Waals surface area (Å²) >= 11 is 1.17. The van der Waals surface area contributed by atoms with Crippen LogP contribution >= 0.6 is 11.3 Å². The van der Waals surface area contributed by atoms with Crippen molar-refractivity contribution in [1.82, 2.24) is 5.32 Å². The molecule has 0 atom stereocenters. The molecule has 0 unspecified atom stereocenters. The van der Waals surface area contributed by atoms with Crippen molar-refractivity contribution < 1.29 is 13.2 Å². The summed E-state index contributed by atoms with van der Waals surface area (Å²) in [6, 6.07) is 0. The van der Waals surface area contributed by atoms with Gasteiger partial charge in [0.05, 0.1) is 11.4 Å². The van der Waals surface area contributed by atoms with Gasteiger partial charge in [-0.1, -0.05) is 6.92 Å². The fraction of sp³-hybridized carbons (Fsp3) is 0.583. The van der Waals surface area contributed by atoms with Crippen molar-refractivity contribution in [3.8, 4) is 0 Å². The maximum absolute atomic E-state index is 12.3. The lowest BCUT2D eigenvalue weighted by Crippen LogP contribution is -2.20. The maximum Gasteiger partial charge on any atom is 0.263 e. The summed E-state index contributed by atoms with van der Waals surface area (Å²) < 4.78 is 24.6. The van der Waals surface area contributed by atoms with Crippen molar-refractivity contribution >= 4 is 37.8 Å². The molecule has 0 aromatic carbocycles. The molecule has 1 fully saturated rings. The van der Waals surface area contributed by atoms with Gasteiger partial charge in [0, 0.05) is 20.1 Å². The highest BCUT2D eigenvalue weighted by molar-refractivity contribution is 7.92. The standard InChI is InChI=1S/C12H19N3O3S2/c1-3-20(17,18)10-8(13)9(11(16)14-2)19-12(10)15-6-4-5-7-15/h3-7,13H2,1-2H3,(H,14,16). The Kier molecular flexibility index (Phi) is 4.24. The lowest BCUT2D eigenvalue weighted by Gasteiger charge is -2.17. The van der Waals surface area contributed by atoms with Crippen LogP contribution in [0, 0.1) is 0 Å². The zero-order valence-electron chi connectivity index (χ0n) is 11.6. The molecule has 6 nitrogen and oxygen atoms in total. The summed E-state index contributed by atoms with van der Waals surface area (Å²) in [5.41, 5.74) is 6.04. The van der Waals surface area contributed by atoms with Crippen LogP contribution in [-0.4, -0.2) is 40.2 Å². The van der Waals surface area contributed by atoms with Gasteiger partial charge in [-0.25, -0.2) is 8.42 Å². The molecule has 0 spiro atoms. The molecule has 1 amide bonds. The first-order valence-electron chi connectivity index (χ1n) is 6.54. The Bertz CT molecular complexity index is 616. The van der Waals surface area contributed by atoms with E-state index >= 15 is 0 Å². The summed E-state index contributed by atoms with van der Waals surface area (Å²) in [5.74, 6) is -0.368. The monoisotopic (exact) mass is 317 g/mol. The van der Waals surface area contributed by atoms with Gasteiger partial charge >= 0.3 is 0 Å². The van der Waals surface area contributed by atoms with E-state index < -0.39 is 9.84 Å². The van der Waals surface area contributed by atoms with Crippen molar-refractivity contribution in [2.45, 2.75) is 24.7 Å². The topological polar surface area (TPSA) is 92.5 Å². The highest BCUT2D eigenvalue weighted by atomic mass is 32.2. The molecule has 1 aromatic heterocycles. The second-order valence-electron chi connectivity index (χ2n) is 4.66. The number of carbonyl (C=O) groups is 1. The van der Waals surface area contributed by atoms with E-state index in [0.717, 1.165) is 25.9 Å². The van der Waals surface area contributed by atoms with E-state index in [1.807, 2.05) is 4.90 Å². The third-order valence-corrected chi connectivity index (χ3v) is 6.59. The number of rotatable bonds is 4. The lowest BCUT2D eigenvalue weighted by atomic mass is 10.3. The van der Waals surface area contributed by atoms with Gasteiger partial charge in [0.1, 0.15) is 14.8 Å². The van der Waals surface area contributed by atoms with Gasteiger partial charge in [-0.05, 0) is 12.8 Å². The highest BCUT2D eigenvalue weighted by Gasteiger charge is 2.31. The Labute approximate surface area is 122 Å². The molecule has 8 heteroatoms. The summed E-state index contributed by atoms with van der Waals surface area (Å²) in [7, 11) is -1.95. The van der Waals surface area contributed by atoms with Crippen molar-refractivity contribution in [3.05, 3.63) is 4.88 Å². The molecule has 0 aliphatic carbocycles. The second-order valence-corrected chi connectivity index (χ2v) is 7.87. The average molecular weight is 317 g/mol. The zero-order valence-corrected chi connectivity index (χ0v) is 13.2. The Morgan fingerprint density at radius 3 is 2.50 bits per heavy atom. The largest absolute Gasteiger partial charge is 0.396 e. The first-order chi connectivity index (χ1) is 9.42. The third kappa shape index (κ3) is 2.49. The number of nitrogens with one attached hydrogen (secondary N) is 1. The van der Waals surface area contributed by atoms with Crippen molar-refractivity contribution in [2.24, 2.45) is 0 Å². The van der Waals surface area contributed by atoms with Gasteiger partial charge in [-0.2, -0.15) is 0 Å².